The molecule has 6 atom stereocenters. The van der Waals surface area contributed by atoms with Gasteiger partial charge in [-0.2, -0.15) is 0 Å². The number of phenolic OH excluding ortho intramolecular Hbond substituents is 1. The zero-order valence-corrected chi connectivity index (χ0v) is 48.9. The van der Waals surface area contributed by atoms with Gasteiger partial charge in [0.15, 0.2) is 22.9 Å². The number of aliphatic hydroxyl groups excluding tert-OH is 2. The molecule has 6 aromatic carbocycles. The van der Waals surface area contributed by atoms with Crippen LogP contribution in [-0.4, -0.2) is 85.0 Å². The zero-order valence-electron chi connectivity index (χ0n) is 48.9. The number of phenols is 1. The highest BCUT2D eigenvalue weighted by Gasteiger charge is 2.50. The van der Waals surface area contributed by atoms with E-state index in [1.165, 1.54) is 41.1 Å². The molecular weight excluding hydrogens is 1060 g/mol. The fourth-order valence-electron chi connectivity index (χ4n) is 14.0. The first kappa shape index (κ1) is 57.1. The highest BCUT2D eigenvalue weighted by Crippen LogP contribution is 2.53. The van der Waals surface area contributed by atoms with Crippen LogP contribution < -0.4 is 41.3 Å². The molecule has 2 fully saturated rings. The van der Waals surface area contributed by atoms with E-state index in [2.05, 4.69) is 95.8 Å². The maximum atomic E-state index is 14.9. The molecule has 0 radical (unpaired) electrons. The fraction of sp³-hybridized carbons (Fsp3) is 0.352. The summed E-state index contributed by atoms with van der Waals surface area (Å²) >= 11 is 0. The van der Waals surface area contributed by atoms with E-state index in [4.69, 9.17) is 35.1 Å². The lowest BCUT2D eigenvalue weighted by Gasteiger charge is -2.49. The Morgan fingerprint density at radius 2 is 1.75 bits per heavy atom. The Labute approximate surface area is 497 Å². The molecule has 440 valence electrons. The second-order valence-corrected chi connectivity index (χ2v) is 23.9. The first-order valence-corrected chi connectivity index (χ1v) is 30.3. The topological polar surface area (TPSA) is 214 Å². The minimum absolute atomic E-state index is 0.00433. The molecule has 4 aliphatic heterocycles. The van der Waals surface area contributed by atoms with Crippen LogP contribution in [0.15, 0.2) is 148 Å². The van der Waals surface area contributed by atoms with Gasteiger partial charge in [0.05, 0.1) is 38.2 Å². The number of aromatic amines is 1. The van der Waals surface area contributed by atoms with Crippen LogP contribution in [0.1, 0.15) is 95.7 Å². The van der Waals surface area contributed by atoms with Crippen molar-refractivity contribution in [3.8, 4) is 45.4 Å². The van der Waals surface area contributed by atoms with Gasteiger partial charge in [0.2, 0.25) is 5.75 Å². The number of benzene rings is 6. The number of hydrogen-bond donors (Lipinski definition) is 7. The van der Waals surface area contributed by atoms with E-state index in [1.54, 1.807) is 30.3 Å². The van der Waals surface area contributed by atoms with Crippen molar-refractivity contribution >= 4 is 34.5 Å². The van der Waals surface area contributed by atoms with Gasteiger partial charge in [0.1, 0.15) is 28.3 Å². The summed E-state index contributed by atoms with van der Waals surface area (Å²) in [6, 6.07) is 42.7. The van der Waals surface area contributed by atoms with E-state index in [-0.39, 0.29) is 89.0 Å². The Balaban J connectivity index is 1.04. The number of aromatic hydroxyl groups is 1. The van der Waals surface area contributed by atoms with Gasteiger partial charge in [-0.3, -0.25) is 4.79 Å². The van der Waals surface area contributed by atoms with Gasteiger partial charge in [0, 0.05) is 78.4 Å². The molecule has 6 unspecified atom stereocenters. The number of ether oxygens (including phenoxy) is 3. The molecule has 5 aliphatic rings. The lowest BCUT2D eigenvalue weighted by Crippen LogP contribution is -2.60. The van der Waals surface area contributed by atoms with Crippen molar-refractivity contribution in [1.29, 1.82) is 0 Å². The molecule has 1 saturated carbocycles. The molecule has 14 heteroatoms. The van der Waals surface area contributed by atoms with Gasteiger partial charge >= 0.3 is 0 Å². The molecule has 0 amide bonds. The normalized spacial score (nSPS) is 20.8. The quantitative estimate of drug-likeness (QED) is 0.0476. The van der Waals surface area contributed by atoms with Gasteiger partial charge in [-0.25, -0.2) is 4.99 Å². The van der Waals surface area contributed by atoms with Crippen molar-refractivity contribution in [3.63, 3.8) is 0 Å². The Morgan fingerprint density at radius 3 is 2.55 bits per heavy atom. The molecule has 1 saturated heterocycles. The number of fused-ring (bicyclic) bond motifs is 11. The summed E-state index contributed by atoms with van der Waals surface area (Å²) in [5.74, 6) is 2.14. The largest absolute Gasteiger partial charge is 0.508 e. The Bertz CT molecular complexity index is 3830. The predicted molar refractivity (Wildman–Crippen MR) is 338 cm³/mol. The van der Waals surface area contributed by atoms with Crippen molar-refractivity contribution in [2.45, 2.75) is 102 Å². The van der Waals surface area contributed by atoms with Gasteiger partial charge in [-0.1, -0.05) is 111 Å². The van der Waals surface area contributed by atoms with Crippen LogP contribution in [0, 0.1) is 11.8 Å². The number of aromatic nitrogens is 1. The molecule has 1 spiro atoms. The SMILES string of the molecule is CCc1ccc2cc1CC1CCC3(C1)c1ccc(c(N=C(N)N)c1)CC(CO)COc1c(OC)c(OCCC(O)C=Cc4ccccc4)c4c(=O)cc(-c5ccc(O)cc5)oc4c1CCc1cccc(c1)-c1cc([nH]c1N1CCNCC13)C(C)C2. The molecule has 14 nitrogen and oxygen atoms in total. The van der Waals surface area contributed by atoms with E-state index in [9.17, 15) is 20.1 Å². The van der Waals surface area contributed by atoms with Crippen LogP contribution in [0.3, 0.4) is 0 Å². The highest BCUT2D eigenvalue weighted by molar-refractivity contribution is 5.93. The van der Waals surface area contributed by atoms with Gasteiger partial charge in [-0.15, -0.1) is 0 Å². The van der Waals surface area contributed by atoms with Crippen molar-refractivity contribution < 1.29 is 33.9 Å². The minimum Gasteiger partial charge on any atom is -0.508 e. The molecule has 2 aromatic heterocycles. The summed E-state index contributed by atoms with van der Waals surface area (Å²) in [5.41, 5.74) is 25.7. The number of nitrogens with zero attached hydrogens (tertiary/aromatic N) is 2. The molecular formula is C71H78N6O8. The summed E-state index contributed by atoms with van der Waals surface area (Å²) in [6.45, 7) is 6.80. The number of piperazine rings is 1. The molecule has 9 N–H and O–H groups in total. The summed E-state index contributed by atoms with van der Waals surface area (Å²) in [5, 5.41) is 36.9. The zero-order chi connectivity index (χ0) is 58.8. The van der Waals surface area contributed by atoms with Gasteiger partial charge in [-0.05, 0) is 145 Å². The second kappa shape index (κ2) is 24.7. The molecule has 1 aliphatic carbocycles. The van der Waals surface area contributed by atoms with Crippen LogP contribution in [0.25, 0.3) is 39.5 Å². The van der Waals surface area contributed by atoms with Crippen LogP contribution in [-0.2, 0) is 43.9 Å². The number of nitrogens with two attached hydrogens (primary N) is 2. The summed E-state index contributed by atoms with van der Waals surface area (Å²) in [6.07, 6.45) is 10.0. The average Bonchev–Trinajstić information content (AvgIpc) is 2.40. The summed E-state index contributed by atoms with van der Waals surface area (Å²) < 4.78 is 26.9. The van der Waals surface area contributed by atoms with E-state index < -0.39 is 12.0 Å². The third-order valence-electron chi connectivity index (χ3n) is 18.4. The Morgan fingerprint density at radius 1 is 0.906 bits per heavy atom. The monoisotopic (exact) mass is 1140 g/mol. The minimum atomic E-state index is -0.869. The number of aliphatic imine (C=N–C) groups is 1. The van der Waals surface area contributed by atoms with E-state index in [0.29, 0.717) is 47.7 Å². The maximum Gasteiger partial charge on any atom is 0.204 e. The molecule has 10 bridgehead atoms. The standard InChI is InChI=1S/C71H78N6O8/c1-4-49-16-13-46-31-43(2)59-37-58-51-12-8-11-45(32-51)15-24-57-65-64(61(81)38-62(85-65)50-18-22-55(79)23-19-50)67(83-30-26-56(80)21-14-44-9-6-5-7-10-44)68(82-3)66(57)84-42-48(41-78)35-52-17-20-54(36-60(52)76-70(72)73)71(27-25-47(39-71)34-53(49)33-46)63-40-74-28-29-77(63)69(58)75-59/h5-14,16-23,32-33,36-38,43,47-48,56,63,74-75,78-80H,4,15,24-31,34-35,39-42H2,1-3H3,(H4,72,73,76). The highest BCUT2D eigenvalue weighted by atomic mass is 16.5. The number of aliphatic hydroxyl groups is 2. The summed E-state index contributed by atoms with van der Waals surface area (Å²) in [4.78, 5) is 26.5. The number of methoxy groups -OCH3 is 1. The van der Waals surface area contributed by atoms with Crippen molar-refractivity contribution in [1.82, 2.24) is 10.3 Å². The van der Waals surface area contributed by atoms with Crippen LogP contribution >= 0.6 is 0 Å². The third-order valence-corrected chi connectivity index (χ3v) is 18.4. The molecule has 13 rings (SSSR count). The maximum absolute atomic E-state index is 14.9. The van der Waals surface area contributed by atoms with Crippen molar-refractivity contribution in [2.24, 2.45) is 28.3 Å². The number of anilines is 1. The number of nitrogens with one attached hydrogen (secondary N) is 2. The van der Waals surface area contributed by atoms with E-state index in [1.807, 2.05) is 36.4 Å². The third kappa shape index (κ3) is 11.8. The van der Waals surface area contributed by atoms with Crippen LogP contribution in [0.4, 0.5) is 11.5 Å². The lowest BCUT2D eigenvalue weighted by atomic mass is 9.70. The van der Waals surface area contributed by atoms with E-state index >= 15 is 0 Å². The molecule has 8 aromatic rings. The Hall–Kier alpha value is -8.30. The van der Waals surface area contributed by atoms with Crippen molar-refractivity contribution in [3.05, 3.63) is 194 Å². The average molecular weight is 1140 g/mol. The van der Waals surface area contributed by atoms with Crippen molar-refractivity contribution in [2.75, 3.05) is 51.5 Å². The number of H-pyrrole nitrogens is 1. The lowest BCUT2D eigenvalue weighted by molar-refractivity contribution is 0.157. The first-order valence-electron chi connectivity index (χ1n) is 30.3. The number of rotatable bonds is 11. The fourth-order valence-corrected chi connectivity index (χ4v) is 14.0. The van der Waals surface area contributed by atoms with Gasteiger partial charge < -0.3 is 60.6 Å². The number of hydrogen-bond acceptors (Lipinski definition) is 11. The Kier molecular flexibility index (Phi) is 16.6. The van der Waals surface area contributed by atoms with Gasteiger partial charge in [0.25, 0.3) is 0 Å². The second-order valence-electron chi connectivity index (χ2n) is 23.9. The molecule has 85 heavy (non-hydrogen) atoms. The number of aryl methyl sites for hydroxylation is 3. The molecule has 6 heterocycles. The smallest absolute Gasteiger partial charge is 0.204 e. The van der Waals surface area contributed by atoms with Crippen LogP contribution in [0.2, 0.25) is 0 Å². The predicted octanol–water partition coefficient (Wildman–Crippen LogP) is 11.2. The van der Waals surface area contributed by atoms with Crippen LogP contribution in [0.5, 0.6) is 23.0 Å². The number of guanidine groups is 1. The van der Waals surface area contributed by atoms with E-state index in [0.717, 1.165) is 91.8 Å². The first-order chi connectivity index (χ1) is 41.4. The summed E-state index contributed by atoms with van der Waals surface area (Å²) in [7, 11) is 1.52.